The number of nitrogens with one attached hydrogen (secondary N) is 1. The van der Waals surface area contributed by atoms with Crippen molar-refractivity contribution in [2.24, 2.45) is 17.1 Å². The molecule has 0 saturated carbocycles. The molecule has 1 aromatic heterocycles. The van der Waals surface area contributed by atoms with E-state index in [1.54, 1.807) is 0 Å². The molecular weight excluding hydrogens is 408 g/mol. The van der Waals surface area contributed by atoms with Gasteiger partial charge in [0.25, 0.3) is 11.8 Å². The molecule has 1 aliphatic carbocycles. The van der Waals surface area contributed by atoms with E-state index in [-0.39, 0.29) is 23.3 Å². The molecule has 31 heavy (non-hydrogen) atoms. The largest absolute Gasteiger partial charge is 0.484 e. The van der Waals surface area contributed by atoms with Crippen LogP contribution in [0, 0.1) is 11.3 Å². The number of thiophene rings is 1. The summed E-state index contributed by atoms with van der Waals surface area (Å²) >= 11 is 1.48. The maximum absolute atomic E-state index is 12.5. The molecule has 0 fully saturated rings. The second kappa shape index (κ2) is 8.65. The minimum atomic E-state index is -0.485. The monoisotopic (exact) mass is 442 g/mol. The first-order valence-electron chi connectivity index (χ1n) is 10.8. The summed E-state index contributed by atoms with van der Waals surface area (Å²) in [5.41, 5.74) is 8.62. The summed E-state index contributed by atoms with van der Waals surface area (Å²) in [5, 5.41) is 3.41. The van der Waals surface area contributed by atoms with Gasteiger partial charge in [0.1, 0.15) is 10.8 Å². The highest BCUT2D eigenvalue weighted by Crippen LogP contribution is 2.44. The van der Waals surface area contributed by atoms with Gasteiger partial charge in [-0.1, -0.05) is 53.7 Å². The van der Waals surface area contributed by atoms with Gasteiger partial charge in [0.05, 0.1) is 5.56 Å². The topological polar surface area (TPSA) is 81.4 Å². The van der Waals surface area contributed by atoms with E-state index in [4.69, 9.17) is 10.5 Å². The van der Waals surface area contributed by atoms with Crippen molar-refractivity contribution >= 4 is 28.2 Å². The van der Waals surface area contributed by atoms with Gasteiger partial charge in [0.15, 0.2) is 6.61 Å². The molecule has 0 saturated heterocycles. The molecule has 0 aliphatic heterocycles. The van der Waals surface area contributed by atoms with Gasteiger partial charge in [0, 0.05) is 4.88 Å². The van der Waals surface area contributed by atoms with Crippen molar-refractivity contribution in [3.63, 3.8) is 0 Å². The Labute approximate surface area is 189 Å². The molecule has 5 nitrogen and oxygen atoms in total. The van der Waals surface area contributed by atoms with Crippen molar-refractivity contribution in [1.82, 2.24) is 0 Å². The lowest BCUT2D eigenvalue weighted by Gasteiger charge is -2.33. The zero-order chi connectivity index (χ0) is 23.0. The number of rotatable bonds is 5. The highest BCUT2D eigenvalue weighted by Gasteiger charge is 2.33. The maximum Gasteiger partial charge on any atom is 0.262 e. The van der Waals surface area contributed by atoms with Crippen molar-refractivity contribution in [2.75, 3.05) is 11.9 Å². The first-order chi connectivity index (χ1) is 14.4. The number of carbonyl (C=O) groups excluding carboxylic acids is 2. The predicted molar refractivity (Wildman–Crippen MR) is 127 cm³/mol. The average molecular weight is 443 g/mol. The van der Waals surface area contributed by atoms with Gasteiger partial charge >= 0.3 is 0 Å². The van der Waals surface area contributed by atoms with Crippen LogP contribution in [0.1, 0.15) is 74.3 Å². The van der Waals surface area contributed by atoms with Crippen molar-refractivity contribution in [3.8, 4) is 5.75 Å². The first-order valence-corrected chi connectivity index (χ1v) is 11.7. The zero-order valence-corrected chi connectivity index (χ0v) is 20.2. The minimum Gasteiger partial charge on any atom is -0.484 e. The summed E-state index contributed by atoms with van der Waals surface area (Å²) < 4.78 is 5.65. The van der Waals surface area contributed by atoms with Crippen LogP contribution in [0.15, 0.2) is 24.3 Å². The van der Waals surface area contributed by atoms with Gasteiger partial charge in [-0.2, -0.15) is 0 Å². The van der Waals surface area contributed by atoms with Crippen LogP contribution in [0.4, 0.5) is 5.00 Å². The Morgan fingerprint density at radius 3 is 2.32 bits per heavy atom. The fourth-order valence-electron chi connectivity index (χ4n) is 4.04. The molecule has 3 N–H and O–H groups in total. The van der Waals surface area contributed by atoms with Crippen LogP contribution >= 0.6 is 11.3 Å². The Hall–Kier alpha value is -2.34. The summed E-state index contributed by atoms with van der Waals surface area (Å²) in [6, 6.07) is 7.77. The van der Waals surface area contributed by atoms with E-state index in [2.05, 4.69) is 46.9 Å². The molecule has 168 valence electrons. The van der Waals surface area contributed by atoms with Gasteiger partial charge in [-0.05, 0) is 59.3 Å². The van der Waals surface area contributed by atoms with Crippen molar-refractivity contribution in [2.45, 2.75) is 66.2 Å². The van der Waals surface area contributed by atoms with E-state index in [1.165, 1.54) is 16.9 Å². The SMILES string of the molecule is CC(C)(C)c1ccc(OCC(=O)Nc2sc3c(c2C(N)=O)CC[C@H](C(C)(C)C)C3)cc1. The first kappa shape index (κ1) is 23.3. The molecule has 0 spiro atoms. The fraction of sp³-hybridized carbons (Fsp3) is 0.520. The maximum atomic E-state index is 12.5. The third-order valence-corrected chi connectivity index (χ3v) is 7.25. The second-order valence-corrected chi connectivity index (χ2v) is 11.6. The Balaban J connectivity index is 1.69. The number of amides is 2. The minimum absolute atomic E-state index is 0.0609. The van der Waals surface area contributed by atoms with Crippen molar-refractivity contribution < 1.29 is 14.3 Å². The summed E-state index contributed by atoms with van der Waals surface area (Å²) in [6.45, 7) is 13.1. The van der Waals surface area contributed by atoms with Crippen LogP contribution in [0.25, 0.3) is 0 Å². The number of benzene rings is 1. The molecule has 2 aromatic rings. The standard InChI is InChI=1S/C25H34N2O3S/c1-24(2,3)15-7-10-17(11-8-15)30-14-20(28)27-23-21(22(26)29)18-12-9-16(25(4,5)6)13-19(18)31-23/h7-8,10-11,16H,9,12-14H2,1-6H3,(H2,26,29)(H,27,28)/t16-/m0/s1. The van der Waals surface area contributed by atoms with Crippen molar-refractivity contribution in [3.05, 3.63) is 45.8 Å². The molecule has 6 heteroatoms. The highest BCUT2D eigenvalue weighted by atomic mass is 32.1. The number of nitrogens with two attached hydrogens (primary N) is 1. The number of hydrogen-bond donors (Lipinski definition) is 2. The average Bonchev–Trinajstić information content (AvgIpc) is 3.02. The zero-order valence-electron chi connectivity index (χ0n) is 19.4. The Morgan fingerprint density at radius 2 is 1.77 bits per heavy atom. The van der Waals surface area contributed by atoms with E-state index in [0.29, 0.717) is 22.2 Å². The number of anilines is 1. The number of carbonyl (C=O) groups is 2. The molecule has 1 aromatic carbocycles. The lowest BCUT2D eigenvalue weighted by Crippen LogP contribution is -2.27. The van der Waals surface area contributed by atoms with Crippen LogP contribution in [0.2, 0.25) is 0 Å². The quantitative estimate of drug-likeness (QED) is 0.658. The lowest BCUT2D eigenvalue weighted by atomic mass is 9.72. The van der Waals surface area contributed by atoms with E-state index >= 15 is 0 Å². The molecular formula is C25H34N2O3S. The number of primary amides is 1. The second-order valence-electron chi connectivity index (χ2n) is 10.5. The summed E-state index contributed by atoms with van der Waals surface area (Å²) in [4.78, 5) is 25.9. The Morgan fingerprint density at radius 1 is 1.13 bits per heavy atom. The Kier molecular flexibility index (Phi) is 6.51. The number of fused-ring (bicyclic) bond motifs is 1. The van der Waals surface area contributed by atoms with Crippen LogP contribution in [-0.2, 0) is 23.1 Å². The lowest BCUT2D eigenvalue weighted by molar-refractivity contribution is -0.118. The molecule has 1 atom stereocenters. The predicted octanol–water partition coefficient (Wildman–Crippen LogP) is 5.31. The third-order valence-electron chi connectivity index (χ3n) is 6.08. The molecule has 0 unspecified atom stereocenters. The fourth-order valence-corrected chi connectivity index (χ4v) is 5.39. The van der Waals surface area contributed by atoms with Crippen LogP contribution < -0.4 is 15.8 Å². The van der Waals surface area contributed by atoms with Crippen LogP contribution in [0.5, 0.6) is 5.75 Å². The molecule has 0 bridgehead atoms. The molecule has 1 heterocycles. The van der Waals surface area contributed by atoms with Crippen LogP contribution in [-0.4, -0.2) is 18.4 Å². The van der Waals surface area contributed by atoms with E-state index < -0.39 is 5.91 Å². The van der Waals surface area contributed by atoms with Crippen molar-refractivity contribution in [1.29, 1.82) is 0 Å². The highest BCUT2D eigenvalue weighted by molar-refractivity contribution is 7.17. The van der Waals surface area contributed by atoms with E-state index in [0.717, 1.165) is 29.7 Å². The summed E-state index contributed by atoms with van der Waals surface area (Å²) in [7, 11) is 0. The van der Waals surface area contributed by atoms with E-state index in [9.17, 15) is 9.59 Å². The van der Waals surface area contributed by atoms with E-state index in [1.807, 2.05) is 24.3 Å². The molecule has 1 aliphatic rings. The summed E-state index contributed by atoms with van der Waals surface area (Å²) in [5.74, 6) is 0.396. The molecule has 2 amide bonds. The van der Waals surface area contributed by atoms with Gasteiger partial charge in [-0.25, -0.2) is 0 Å². The molecule has 3 rings (SSSR count). The van der Waals surface area contributed by atoms with Crippen LogP contribution in [0.3, 0.4) is 0 Å². The third kappa shape index (κ3) is 5.48. The van der Waals surface area contributed by atoms with Gasteiger partial charge < -0.3 is 15.8 Å². The van der Waals surface area contributed by atoms with Gasteiger partial charge in [-0.15, -0.1) is 11.3 Å². The summed E-state index contributed by atoms with van der Waals surface area (Å²) in [6.07, 6.45) is 2.75. The molecule has 0 radical (unpaired) electrons. The smallest absolute Gasteiger partial charge is 0.262 e. The Bertz CT molecular complexity index is 962. The van der Waals surface area contributed by atoms with Gasteiger partial charge in [-0.3, -0.25) is 9.59 Å². The number of hydrogen-bond acceptors (Lipinski definition) is 4. The normalized spacial score (nSPS) is 16.5. The number of ether oxygens (including phenoxy) is 1. The van der Waals surface area contributed by atoms with Gasteiger partial charge in [0.2, 0.25) is 0 Å².